The summed E-state index contributed by atoms with van der Waals surface area (Å²) in [5.41, 5.74) is 6.47. The van der Waals surface area contributed by atoms with Gasteiger partial charge in [-0.1, -0.05) is 51.5 Å². The topological polar surface area (TPSA) is 24.4 Å². The Labute approximate surface area is 135 Å². The Morgan fingerprint density at radius 2 is 2.09 bits per heavy atom. The highest BCUT2D eigenvalue weighted by Gasteiger charge is 2.15. The second kappa shape index (κ2) is 8.17. The van der Waals surface area contributed by atoms with Gasteiger partial charge in [0.15, 0.2) is 0 Å². The molecular weight excluding hydrogens is 268 g/mol. The van der Waals surface area contributed by atoms with Gasteiger partial charge in [0.25, 0.3) is 0 Å². The average Bonchev–Trinajstić information content (AvgIpc) is 2.51. The highest BCUT2D eigenvalue weighted by molar-refractivity contribution is 6.03. The fraction of sp³-hybridized carbons (Fsp3) is 0.550. The van der Waals surface area contributed by atoms with Gasteiger partial charge in [0, 0.05) is 12.2 Å². The molecule has 0 heterocycles. The van der Waals surface area contributed by atoms with E-state index in [1.807, 2.05) is 0 Å². The molecule has 0 fully saturated rings. The summed E-state index contributed by atoms with van der Waals surface area (Å²) in [5, 5.41) is 3.71. The predicted octanol–water partition coefficient (Wildman–Crippen LogP) is 5.84. The Balaban J connectivity index is 2.25. The Morgan fingerprint density at radius 3 is 2.82 bits per heavy atom. The first-order valence-electron chi connectivity index (χ1n) is 8.73. The maximum absolute atomic E-state index is 4.84. The number of aryl methyl sites for hydroxylation is 1. The van der Waals surface area contributed by atoms with Crippen LogP contribution in [0.3, 0.4) is 0 Å². The van der Waals surface area contributed by atoms with Crippen LogP contribution < -0.4 is 5.32 Å². The minimum absolute atomic E-state index is 0.520. The van der Waals surface area contributed by atoms with E-state index >= 15 is 0 Å². The fourth-order valence-corrected chi connectivity index (χ4v) is 2.90. The minimum atomic E-state index is 0.520. The van der Waals surface area contributed by atoms with E-state index in [9.17, 15) is 0 Å². The molecule has 0 atom stereocenters. The van der Waals surface area contributed by atoms with Crippen LogP contribution in [0.25, 0.3) is 0 Å². The molecule has 120 valence electrons. The number of para-hydroxylation sites is 1. The molecule has 22 heavy (non-hydrogen) atoms. The summed E-state index contributed by atoms with van der Waals surface area (Å²) < 4.78 is 0. The molecule has 0 saturated heterocycles. The molecule has 0 aromatic heterocycles. The molecule has 0 unspecified atom stereocenters. The zero-order valence-corrected chi connectivity index (χ0v) is 14.6. The van der Waals surface area contributed by atoms with Gasteiger partial charge in [0.2, 0.25) is 0 Å². The predicted molar refractivity (Wildman–Crippen MR) is 98.0 cm³/mol. The summed E-state index contributed by atoms with van der Waals surface area (Å²) in [7, 11) is 0. The van der Waals surface area contributed by atoms with E-state index in [2.05, 4.69) is 57.3 Å². The van der Waals surface area contributed by atoms with E-state index in [1.165, 1.54) is 47.5 Å². The number of rotatable bonds is 6. The number of hydrogen-bond acceptors (Lipinski definition) is 2. The van der Waals surface area contributed by atoms with Gasteiger partial charge in [-0.05, 0) is 49.7 Å². The van der Waals surface area contributed by atoms with Crippen LogP contribution in [0.2, 0.25) is 0 Å². The SMILES string of the molecule is CCCC/N=C1\CCCC=C1Nc1c(C)cccc1C(C)C. The lowest BCUT2D eigenvalue weighted by Crippen LogP contribution is -2.17. The van der Waals surface area contributed by atoms with Crippen molar-refractivity contribution in [2.24, 2.45) is 4.99 Å². The van der Waals surface area contributed by atoms with Gasteiger partial charge < -0.3 is 5.32 Å². The van der Waals surface area contributed by atoms with Crippen molar-refractivity contribution in [1.29, 1.82) is 0 Å². The first kappa shape index (κ1) is 16.8. The average molecular weight is 298 g/mol. The normalized spacial score (nSPS) is 17.0. The van der Waals surface area contributed by atoms with Crippen LogP contribution in [0, 0.1) is 6.92 Å². The number of aliphatic imine (C=N–C) groups is 1. The summed E-state index contributed by atoms with van der Waals surface area (Å²) in [5.74, 6) is 0.520. The van der Waals surface area contributed by atoms with Gasteiger partial charge in [-0.3, -0.25) is 4.99 Å². The molecule has 1 aromatic rings. The van der Waals surface area contributed by atoms with Crippen LogP contribution in [0.1, 0.15) is 69.9 Å². The lowest BCUT2D eigenvalue weighted by Gasteiger charge is -2.22. The van der Waals surface area contributed by atoms with E-state index < -0.39 is 0 Å². The summed E-state index contributed by atoms with van der Waals surface area (Å²) in [6, 6.07) is 6.57. The Hall–Kier alpha value is -1.57. The maximum Gasteiger partial charge on any atom is 0.0579 e. The van der Waals surface area contributed by atoms with Crippen LogP contribution in [0.5, 0.6) is 0 Å². The number of anilines is 1. The van der Waals surface area contributed by atoms with Crippen molar-refractivity contribution in [1.82, 2.24) is 0 Å². The summed E-state index contributed by atoms with van der Waals surface area (Å²) in [4.78, 5) is 4.84. The Morgan fingerprint density at radius 1 is 1.27 bits per heavy atom. The number of hydrogen-bond donors (Lipinski definition) is 1. The molecule has 0 aliphatic heterocycles. The second-order valence-corrected chi connectivity index (χ2v) is 6.51. The van der Waals surface area contributed by atoms with Gasteiger partial charge in [0.1, 0.15) is 0 Å². The number of nitrogens with one attached hydrogen (secondary N) is 1. The van der Waals surface area contributed by atoms with Crippen molar-refractivity contribution in [3.63, 3.8) is 0 Å². The third-order valence-corrected chi connectivity index (χ3v) is 4.28. The second-order valence-electron chi connectivity index (χ2n) is 6.51. The van der Waals surface area contributed by atoms with Gasteiger partial charge in [-0.25, -0.2) is 0 Å². The molecule has 0 amide bonds. The van der Waals surface area contributed by atoms with Crippen LogP contribution in [-0.4, -0.2) is 12.3 Å². The van der Waals surface area contributed by atoms with Crippen LogP contribution in [0.4, 0.5) is 5.69 Å². The van der Waals surface area contributed by atoms with Gasteiger partial charge in [-0.15, -0.1) is 0 Å². The van der Waals surface area contributed by atoms with Gasteiger partial charge in [0.05, 0.1) is 11.4 Å². The lowest BCUT2D eigenvalue weighted by molar-refractivity contribution is 0.795. The first-order valence-corrected chi connectivity index (χ1v) is 8.73. The van der Waals surface area contributed by atoms with Crippen molar-refractivity contribution in [2.45, 2.75) is 65.7 Å². The zero-order chi connectivity index (χ0) is 15.9. The maximum atomic E-state index is 4.84. The highest BCUT2D eigenvalue weighted by Crippen LogP contribution is 2.30. The van der Waals surface area contributed by atoms with Crippen molar-refractivity contribution in [3.05, 3.63) is 41.1 Å². The van der Waals surface area contributed by atoms with Crippen molar-refractivity contribution in [3.8, 4) is 0 Å². The third-order valence-electron chi connectivity index (χ3n) is 4.28. The molecule has 2 heteroatoms. The van der Waals surface area contributed by atoms with E-state index in [0.717, 1.165) is 19.4 Å². The summed E-state index contributed by atoms with van der Waals surface area (Å²) in [6.07, 6.45) is 8.19. The molecular formula is C20H30N2. The number of unbranched alkanes of at least 4 members (excludes halogenated alkanes) is 1. The van der Waals surface area contributed by atoms with E-state index in [4.69, 9.17) is 4.99 Å². The smallest absolute Gasteiger partial charge is 0.0579 e. The minimum Gasteiger partial charge on any atom is -0.354 e. The molecule has 1 aliphatic rings. The molecule has 0 radical (unpaired) electrons. The fourth-order valence-electron chi connectivity index (χ4n) is 2.90. The van der Waals surface area contributed by atoms with Crippen LogP contribution in [-0.2, 0) is 0 Å². The molecule has 0 spiro atoms. The van der Waals surface area contributed by atoms with Crippen molar-refractivity contribution in [2.75, 3.05) is 11.9 Å². The highest BCUT2D eigenvalue weighted by atomic mass is 14.9. The van der Waals surface area contributed by atoms with Gasteiger partial charge >= 0.3 is 0 Å². The Kier molecular flexibility index (Phi) is 6.23. The van der Waals surface area contributed by atoms with Crippen LogP contribution in [0.15, 0.2) is 35.0 Å². The molecule has 1 aliphatic carbocycles. The van der Waals surface area contributed by atoms with E-state index in [1.54, 1.807) is 0 Å². The van der Waals surface area contributed by atoms with E-state index in [0.29, 0.717) is 5.92 Å². The van der Waals surface area contributed by atoms with E-state index in [-0.39, 0.29) is 0 Å². The number of allylic oxidation sites excluding steroid dienone is 2. The van der Waals surface area contributed by atoms with Gasteiger partial charge in [-0.2, -0.15) is 0 Å². The first-order chi connectivity index (χ1) is 10.6. The quantitative estimate of drug-likeness (QED) is 0.655. The molecule has 1 aromatic carbocycles. The number of benzene rings is 1. The molecule has 1 N–H and O–H groups in total. The molecule has 2 rings (SSSR count). The largest absolute Gasteiger partial charge is 0.354 e. The zero-order valence-electron chi connectivity index (χ0n) is 14.6. The molecule has 0 bridgehead atoms. The summed E-state index contributed by atoms with van der Waals surface area (Å²) >= 11 is 0. The number of nitrogens with zero attached hydrogens (tertiary/aromatic N) is 1. The Bertz CT molecular complexity index is 553. The third kappa shape index (κ3) is 4.22. The summed E-state index contributed by atoms with van der Waals surface area (Å²) in [6.45, 7) is 9.87. The molecule has 2 nitrogen and oxygen atoms in total. The van der Waals surface area contributed by atoms with Crippen LogP contribution >= 0.6 is 0 Å². The van der Waals surface area contributed by atoms with Crippen molar-refractivity contribution >= 4 is 11.4 Å². The monoisotopic (exact) mass is 298 g/mol. The molecule has 0 saturated carbocycles. The van der Waals surface area contributed by atoms with Crippen molar-refractivity contribution < 1.29 is 0 Å². The standard InChI is InChI=1S/C20H30N2/c1-5-6-14-21-18-12-7-8-13-19(18)22-20-16(4)10-9-11-17(20)15(2)3/h9-11,13,15,22H,5-8,12,14H2,1-4H3/b21-18+. The lowest BCUT2D eigenvalue weighted by atomic mass is 9.96.